The van der Waals surface area contributed by atoms with Gasteiger partial charge in [-0.05, 0) is 6.92 Å². The third-order valence-corrected chi connectivity index (χ3v) is 3.21. The molecule has 7 nitrogen and oxygen atoms in total. The number of hydrogen-bond donors (Lipinski definition) is 1. The van der Waals surface area contributed by atoms with Gasteiger partial charge in [0.05, 0.1) is 85.4 Å². The highest BCUT2D eigenvalue weighted by atomic mass is 16.6. The summed E-state index contributed by atoms with van der Waals surface area (Å²) in [6.45, 7) is 7.94. The predicted molar refractivity (Wildman–Crippen MR) is 80.1 cm³/mol. The molecular weight excluding hydrogens is 292 g/mol. The lowest BCUT2D eigenvalue weighted by Gasteiger charge is -2.20. The van der Waals surface area contributed by atoms with Crippen molar-refractivity contribution in [3.63, 3.8) is 0 Å². The van der Waals surface area contributed by atoms with Crippen molar-refractivity contribution < 1.29 is 33.5 Å². The van der Waals surface area contributed by atoms with Crippen LogP contribution in [0.4, 0.5) is 0 Å². The quantitative estimate of drug-likeness (QED) is 0.733. The van der Waals surface area contributed by atoms with Crippen molar-refractivity contribution >= 4 is 0 Å². The van der Waals surface area contributed by atoms with Crippen LogP contribution in [0, 0.1) is 5.92 Å². The molecule has 7 heteroatoms. The molecule has 22 heavy (non-hydrogen) atoms. The van der Waals surface area contributed by atoms with Crippen LogP contribution in [0.5, 0.6) is 0 Å². The molecule has 1 heterocycles. The van der Waals surface area contributed by atoms with E-state index in [1.807, 2.05) is 0 Å². The highest BCUT2D eigenvalue weighted by molar-refractivity contribution is 4.63. The fourth-order valence-electron chi connectivity index (χ4n) is 1.79. The van der Waals surface area contributed by atoms with Gasteiger partial charge in [-0.3, -0.25) is 0 Å². The van der Waals surface area contributed by atoms with Gasteiger partial charge >= 0.3 is 0 Å². The third-order valence-electron chi connectivity index (χ3n) is 3.21. The maximum absolute atomic E-state index is 9.71. The van der Waals surface area contributed by atoms with Gasteiger partial charge in [-0.1, -0.05) is 0 Å². The second-order valence-corrected chi connectivity index (χ2v) is 5.10. The van der Waals surface area contributed by atoms with E-state index >= 15 is 0 Å². The summed E-state index contributed by atoms with van der Waals surface area (Å²) >= 11 is 0. The molecule has 1 atom stereocenters. The Kier molecular flexibility index (Phi) is 12.9. The molecule has 1 aliphatic heterocycles. The van der Waals surface area contributed by atoms with Crippen molar-refractivity contribution in [1.82, 2.24) is 0 Å². The van der Waals surface area contributed by atoms with Crippen LogP contribution in [0.15, 0.2) is 0 Å². The normalized spacial score (nSPS) is 24.8. The van der Waals surface area contributed by atoms with Gasteiger partial charge in [0.2, 0.25) is 0 Å². The van der Waals surface area contributed by atoms with E-state index < -0.39 is 6.10 Å². The van der Waals surface area contributed by atoms with E-state index in [-0.39, 0.29) is 5.92 Å². The minimum atomic E-state index is -0.474. The fraction of sp³-hybridized carbons (Fsp3) is 1.00. The van der Waals surface area contributed by atoms with Crippen molar-refractivity contribution in [3.05, 3.63) is 0 Å². The molecule has 1 N–H and O–H groups in total. The molecule has 1 unspecified atom stereocenters. The van der Waals surface area contributed by atoms with Gasteiger partial charge in [0.1, 0.15) is 0 Å². The Morgan fingerprint density at radius 2 is 0.864 bits per heavy atom. The molecule has 0 aliphatic carbocycles. The van der Waals surface area contributed by atoms with Crippen LogP contribution in [0.2, 0.25) is 0 Å². The predicted octanol–water partition coefficient (Wildman–Crippen LogP) is 0.0966. The first-order valence-corrected chi connectivity index (χ1v) is 7.95. The number of hydrogen-bond acceptors (Lipinski definition) is 7. The summed E-state index contributed by atoms with van der Waals surface area (Å²) in [5, 5.41) is 9.71. The van der Waals surface area contributed by atoms with Gasteiger partial charge in [0.25, 0.3) is 0 Å². The molecule has 132 valence electrons. The van der Waals surface area contributed by atoms with E-state index in [9.17, 15) is 5.11 Å². The van der Waals surface area contributed by atoms with E-state index in [1.165, 1.54) is 0 Å². The summed E-state index contributed by atoms with van der Waals surface area (Å²) in [7, 11) is 0. The van der Waals surface area contributed by atoms with E-state index in [4.69, 9.17) is 28.4 Å². The SMILES string of the molecule is CC(O)C1COCCOCCOCCOCCOCCOC1. The average molecular weight is 322 g/mol. The van der Waals surface area contributed by atoms with Crippen molar-refractivity contribution in [2.75, 3.05) is 79.3 Å². The minimum absolute atomic E-state index is 0.0475. The molecule has 1 aliphatic rings. The van der Waals surface area contributed by atoms with E-state index in [2.05, 4.69) is 0 Å². The lowest BCUT2D eigenvalue weighted by molar-refractivity contribution is -0.0396. The molecule has 0 aromatic carbocycles. The smallest absolute Gasteiger partial charge is 0.0701 e. The van der Waals surface area contributed by atoms with Crippen molar-refractivity contribution in [2.45, 2.75) is 13.0 Å². The Bertz CT molecular complexity index is 218. The maximum atomic E-state index is 9.71. The zero-order valence-corrected chi connectivity index (χ0v) is 13.5. The van der Waals surface area contributed by atoms with Crippen LogP contribution in [0.3, 0.4) is 0 Å². The first kappa shape index (κ1) is 19.8. The summed E-state index contributed by atoms with van der Waals surface area (Å²) in [6.07, 6.45) is -0.474. The van der Waals surface area contributed by atoms with Crippen LogP contribution in [0.25, 0.3) is 0 Å². The molecule has 0 amide bonds. The minimum Gasteiger partial charge on any atom is -0.393 e. The van der Waals surface area contributed by atoms with Crippen LogP contribution >= 0.6 is 0 Å². The first-order valence-electron chi connectivity index (χ1n) is 7.95. The Morgan fingerprint density at radius 3 is 1.14 bits per heavy atom. The summed E-state index contributed by atoms with van der Waals surface area (Å²) < 4.78 is 32.5. The largest absolute Gasteiger partial charge is 0.393 e. The van der Waals surface area contributed by atoms with Crippen LogP contribution in [0.1, 0.15) is 6.92 Å². The summed E-state index contributed by atoms with van der Waals surface area (Å²) in [4.78, 5) is 0. The molecule has 0 radical (unpaired) electrons. The average Bonchev–Trinajstić information content (AvgIpc) is 2.50. The molecule has 0 aromatic rings. The van der Waals surface area contributed by atoms with Crippen molar-refractivity contribution in [3.8, 4) is 0 Å². The summed E-state index contributed by atoms with van der Waals surface area (Å²) in [5.74, 6) is -0.0475. The van der Waals surface area contributed by atoms with Gasteiger partial charge in [-0.25, -0.2) is 0 Å². The van der Waals surface area contributed by atoms with Crippen molar-refractivity contribution in [2.24, 2.45) is 5.92 Å². The Hall–Kier alpha value is -0.280. The monoisotopic (exact) mass is 322 g/mol. The van der Waals surface area contributed by atoms with Gasteiger partial charge in [0, 0.05) is 5.92 Å². The van der Waals surface area contributed by atoms with Gasteiger partial charge in [0.15, 0.2) is 0 Å². The second-order valence-electron chi connectivity index (χ2n) is 5.10. The van der Waals surface area contributed by atoms with E-state index in [1.54, 1.807) is 6.92 Å². The molecule has 0 spiro atoms. The lowest BCUT2D eigenvalue weighted by atomic mass is 10.1. The van der Waals surface area contributed by atoms with E-state index in [0.717, 1.165) is 0 Å². The zero-order valence-electron chi connectivity index (χ0n) is 13.5. The Morgan fingerprint density at radius 1 is 0.591 bits per heavy atom. The fourth-order valence-corrected chi connectivity index (χ4v) is 1.79. The molecule has 1 saturated heterocycles. The second kappa shape index (κ2) is 14.3. The summed E-state index contributed by atoms with van der Waals surface area (Å²) in [5.41, 5.74) is 0. The molecular formula is C15H30O7. The van der Waals surface area contributed by atoms with Crippen LogP contribution in [-0.2, 0) is 28.4 Å². The van der Waals surface area contributed by atoms with Crippen LogP contribution < -0.4 is 0 Å². The Balaban J connectivity index is 2.21. The van der Waals surface area contributed by atoms with Gasteiger partial charge in [-0.15, -0.1) is 0 Å². The third kappa shape index (κ3) is 11.3. The molecule has 1 fully saturated rings. The van der Waals surface area contributed by atoms with Crippen LogP contribution in [-0.4, -0.2) is 90.5 Å². The summed E-state index contributed by atoms with van der Waals surface area (Å²) in [6, 6.07) is 0. The highest BCUT2D eigenvalue weighted by Gasteiger charge is 2.15. The number of rotatable bonds is 1. The standard InChI is InChI=1S/C15H30O7/c1-14(16)15-12-21-10-8-19-6-4-17-2-3-18-5-7-20-9-11-22-13-15/h14-16H,2-13H2,1H3. The van der Waals surface area contributed by atoms with Crippen molar-refractivity contribution in [1.29, 1.82) is 0 Å². The maximum Gasteiger partial charge on any atom is 0.0701 e. The molecule has 0 aromatic heterocycles. The first-order chi connectivity index (χ1) is 10.8. The molecule has 0 saturated carbocycles. The molecule has 1 rings (SSSR count). The number of aliphatic hydroxyl groups excluding tert-OH is 1. The highest BCUT2D eigenvalue weighted by Crippen LogP contribution is 2.05. The number of aliphatic hydroxyl groups is 1. The lowest BCUT2D eigenvalue weighted by Crippen LogP contribution is -2.28. The Labute approximate surface area is 132 Å². The van der Waals surface area contributed by atoms with E-state index in [0.29, 0.717) is 79.3 Å². The molecule has 0 bridgehead atoms. The zero-order chi connectivity index (χ0) is 15.9. The van der Waals surface area contributed by atoms with Gasteiger partial charge in [-0.2, -0.15) is 0 Å². The topological polar surface area (TPSA) is 75.6 Å². The van der Waals surface area contributed by atoms with Gasteiger partial charge < -0.3 is 33.5 Å². The number of ether oxygens (including phenoxy) is 6.